The number of carbonyl (C=O) groups excluding carboxylic acids is 2. The minimum absolute atomic E-state index is 0.124. The molecule has 1 atom stereocenters. The number of carbonyl (C=O) groups is 2. The smallest absolute Gasteiger partial charge is 0.410 e. The van der Waals surface area contributed by atoms with Crippen molar-refractivity contribution in [3.05, 3.63) is 35.4 Å². The topological polar surface area (TPSA) is 46.6 Å². The number of amides is 1. The van der Waals surface area contributed by atoms with E-state index < -0.39 is 17.7 Å². The minimum atomic E-state index is -0.550. The first-order chi connectivity index (χ1) is 10.3. The fraction of sp³-hybridized carbons (Fsp3) is 0.556. The molecule has 4 heteroatoms. The van der Waals surface area contributed by atoms with Crippen LogP contribution < -0.4 is 0 Å². The van der Waals surface area contributed by atoms with E-state index in [2.05, 4.69) is 6.07 Å². The summed E-state index contributed by atoms with van der Waals surface area (Å²) in [6.45, 7) is 8.12. The van der Waals surface area contributed by atoms with Crippen molar-refractivity contribution in [1.82, 2.24) is 4.90 Å². The van der Waals surface area contributed by atoms with Gasteiger partial charge in [-0.3, -0.25) is 9.69 Å². The molecular formula is C18H25NO3. The maximum atomic E-state index is 12.4. The van der Waals surface area contributed by atoms with E-state index in [-0.39, 0.29) is 5.78 Å². The number of Topliss-reactive ketones (excluding diaryl/α,β-unsaturated/α-hetero) is 1. The molecule has 0 bridgehead atoms. The summed E-state index contributed by atoms with van der Waals surface area (Å²) in [5.41, 5.74) is 1.68. The summed E-state index contributed by atoms with van der Waals surface area (Å²) in [6, 6.07) is 7.66. The van der Waals surface area contributed by atoms with Gasteiger partial charge >= 0.3 is 6.09 Å². The molecule has 0 spiro atoms. The quantitative estimate of drug-likeness (QED) is 0.840. The number of nitrogens with zero attached hydrogens (tertiary/aromatic N) is 1. The van der Waals surface area contributed by atoms with Crippen LogP contribution in [0.15, 0.2) is 24.3 Å². The summed E-state index contributed by atoms with van der Waals surface area (Å²) < 4.78 is 5.45. The number of aryl methyl sites for hydroxylation is 1. The largest absolute Gasteiger partial charge is 0.444 e. The summed E-state index contributed by atoms with van der Waals surface area (Å²) in [4.78, 5) is 26.3. The number of hydrogen-bond donors (Lipinski definition) is 0. The molecule has 22 heavy (non-hydrogen) atoms. The van der Waals surface area contributed by atoms with Crippen LogP contribution in [0.25, 0.3) is 0 Å². The van der Waals surface area contributed by atoms with Gasteiger partial charge < -0.3 is 4.74 Å². The Bertz CT molecular complexity index is 560. The SMILES string of the molecule is Cc1cccc(CC2C(=O)CCCN2C(=O)OC(C)(C)C)c1. The molecule has 0 aliphatic carbocycles. The highest BCUT2D eigenvalue weighted by molar-refractivity contribution is 5.88. The normalized spacial score (nSPS) is 19.2. The molecular weight excluding hydrogens is 278 g/mol. The monoisotopic (exact) mass is 303 g/mol. The minimum Gasteiger partial charge on any atom is -0.444 e. The third-order valence-corrected chi connectivity index (χ3v) is 3.71. The summed E-state index contributed by atoms with van der Waals surface area (Å²) >= 11 is 0. The Morgan fingerprint density at radius 1 is 1.36 bits per heavy atom. The lowest BCUT2D eigenvalue weighted by molar-refractivity contribution is -0.126. The van der Waals surface area contributed by atoms with E-state index in [1.54, 1.807) is 4.90 Å². The van der Waals surface area contributed by atoms with Crippen LogP contribution in [0.2, 0.25) is 0 Å². The third-order valence-electron chi connectivity index (χ3n) is 3.71. The second-order valence-electron chi connectivity index (χ2n) is 6.95. The summed E-state index contributed by atoms with van der Waals surface area (Å²) in [5.74, 6) is 0.124. The average molecular weight is 303 g/mol. The Balaban J connectivity index is 2.16. The van der Waals surface area contributed by atoms with Crippen molar-refractivity contribution in [3.8, 4) is 0 Å². The number of benzene rings is 1. The van der Waals surface area contributed by atoms with Gasteiger partial charge in [0, 0.05) is 19.4 Å². The van der Waals surface area contributed by atoms with Crippen LogP contribution in [0.1, 0.15) is 44.7 Å². The average Bonchev–Trinajstić information content (AvgIpc) is 2.39. The zero-order valence-corrected chi connectivity index (χ0v) is 13.9. The molecule has 1 aromatic carbocycles. The van der Waals surface area contributed by atoms with Crippen molar-refractivity contribution >= 4 is 11.9 Å². The third kappa shape index (κ3) is 4.33. The summed E-state index contributed by atoms with van der Waals surface area (Å²) in [7, 11) is 0. The van der Waals surface area contributed by atoms with Crippen molar-refractivity contribution < 1.29 is 14.3 Å². The zero-order valence-electron chi connectivity index (χ0n) is 13.9. The molecule has 0 radical (unpaired) electrons. The van der Waals surface area contributed by atoms with E-state index in [9.17, 15) is 9.59 Å². The van der Waals surface area contributed by atoms with E-state index in [1.807, 2.05) is 45.9 Å². The molecule has 0 saturated carbocycles. The van der Waals surface area contributed by atoms with Gasteiger partial charge in [0.2, 0.25) is 0 Å². The predicted molar refractivity (Wildman–Crippen MR) is 85.9 cm³/mol. The molecule has 1 aliphatic rings. The summed E-state index contributed by atoms with van der Waals surface area (Å²) in [5, 5.41) is 0. The first-order valence-corrected chi connectivity index (χ1v) is 7.84. The van der Waals surface area contributed by atoms with E-state index in [0.29, 0.717) is 25.8 Å². The van der Waals surface area contributed by atoms with E-state index in [1.165, 1.54) is 0 Å². The van der Waals surface area contributed by atoms with E-state index in [0.717, 1.165) is 11.1 Å². The second kappa shape index (κ2) is 6.51. The van der Waals surface area contributed by atoms with Crippen LogP contribution in [0.4, 0.5) is 4.79 Å². The maximum Gasteiger partial charge on any atom is 0.410 e. The molecule has 120 valence electrons. The van der Waals surface area contributed by atoms with Gasteiger partial charge in [-0.15, -0.1) is 0 Å². The highest BCUT2D eigenvalue weighted by Crippen LogP contribution is 2.21. The van der Waals surface area contributed by atoms with Gasteiger partial charge in [-0.25, -0.2) is 4.79 Å². The van der Waals surface area contributed by atoms with E-state index >= 15 is 0 Å². The summed E-state index contributed by atoms with van der Waals surface area (Å²) in [6.07, 6.45) is 1.41. The van der Waals surface area contributed by atoms with Crippen LogP contribution in [-0.4, -0.2) is 35.0 Å². The Labute approximate surface area is 132 Å². The molecule has 1 aromatic rings. The Kier molecular flexibility index (Phi) is 4.89. The lowest BCUT2D eigenvalue weighted by Gasteiger charge is -2.35. The second-order valence-corrected chi connectivity index (χ2v) is 6.95. The zero-order chi connectivity index (χ0) is 16.3. The van der Waals surface area contributed by atoms with Crippen LogP contribution >= 0.6 is 0 Å². The standard InChI is InChI=1S/C18H25NO3/c1-13-7-5-8-14(11-13)12-15-16(20)9-6-10-19(15)17(21)22-18(2,3)4/h5,7-8,11,15H,6,9-10,12H2,1-4H3. The lowest BCUT2D eigenvalue weighted by atomic mass is 9.94. The Morgan fingerprint density at radius 3 is 2.73 bits per heavy atom. The van der Waals surface area contributed by atoms with Gasteiger partial charge in [-0.2, -0.15) is 0 Å². The number of piperidine rings is 1. The highest BCUT2D eigenvalue weighted by atomic mass is 16.6. The molecule has 1 unspecified atom stereocenters. The van der Waals surface area contributed by atoms with Gasteiger partial charge in [0.15, 0.2) is 5.78 Å². The van der Waals surface area contributed by atoms with Crippen LogP contribution in [-0.2, 0) is 16.0 Å². The van der Waals surface area contributed by atoms with Gasteiger partial charge in [-0.05, 0) is 39.7 Å². The molecule has 4 nitrogen and oxygen atoms in total. The molecule has 1 amide bonds. The van der Waals surface area contributed by atoms with Crippen molar-refractivity contribution in [2.45, 2.75) is 58.6 Å². The van der Waals surface area contributed by atoms with E-state index in [4.69, 9.17) is 4.74 Å². The molecule has 1 saturated heterocycles. The molecule has 1 heterocycles. The number of rotatable bonds is 2. The molecule has 0 aromatic heterocycles. The van der Waals surface area contributed by atoms with Gasteiger partial charge in [0.25, 0.3) is 0 Å². The molecule has 1 fully saturated rings. The maximum absolute atomic E-state index is 12.4. The first-order valence-electron chi connectivity index (χ1n) is 7.84. The fourth-order valence-corrected chi connectivity index (χ4v) is 2.75. The number of ether oxygens (including phenoxy) is 1. The Morgan fingerprint density at radius 2 is 2.09 bits per heavy atom. The highest BCUT2D eigenvalue weighted by Gasteiger charge is 2.35. The van der Waals surface area contributed by atoms with Crippen molar-refractivity contribution in [2.75, 3.05) is 6.54 Å². The number of likely N-dealkylation sites (tertiary alicyclic amines) is 1. The van der Waals surface area contributed by atoms with Crippen molar-refractivity contribution in [3.63, 3.8) is 0 Å². The lowest BCUT2D eigenvalue weighted by Crippen LogP contribution is -2.51. The Hall–Kier alpha value is -1.84. The van der Waals surface area contributed by atoms with Gasteiger partial charge in [0.05, 0.1) is 6.04 Å². The van der Waals surface area contributed by atoms with Crippen LogP contribution in [0, 0.1) is 6.92 Å². The van der Waals surface area contributed by atoms with Gasteiger partial charge in [-0.1, -0.05) is 29.8 Å². The molecule has 0 N–H and O–H groups in total. The van der Waals surface area contributed by atoms with Gasteiger partial charge in [0.1, 0.15) is 5.60 Å². The number of ketones is 1. The first kappa shape index (κ1) is 16.5. The van der Waals surface area contributed by atoms with Crippen LogP contribution in [0.3, 0.4) is 0 Å². The van der Waals surface area contributed by atoms with Crippen LogP contribution in [0.5, 0.6) is 0 Å². The number of hydrogen-bond acceptors (Lipinski definition) is 3. The molecule has 1 aliphatic heterocycles. The fourth-order valence-electron chi connectivity index (χ4n) is 2.75. The predicted octanol–water partition coefficient (Wildman–Crippen LogP) is 3.51. The molecule has 2 rings (SSSR count). The van der Waals surface area contributed by atoms with Crippen molar-refractivity contribution in [1.29, 1.82) is 0 Å². The van der Waals surface area contributed by atoms with Crippen molar-refractivity contribution in [2.24, 2.45) is 0 Å².